The summed E-state index contributed by atoms with van der Waals surface area (Å²) in [6, 6.07) is 0.387. The molecule has 2 rings (SSSR count). The van der Waals surface area contributed by atoms with E-state index in [1.807, 2.05) is 0 Å². The Kier molecular flexibility index (Phi) is 4.40. The number of rotatable bonds is 4. The highest BCUT2D eigenvalue weighted by Gasteiger charge is 2.32. The van der Waals surface area contributed by atoms with Crippen molar-refractivity contribution in [3.8, 4) is 0 Å². The zero-order valence-corrected chi connectivity index (χ0v) is 10.5. The first kappa shape index (κ1) is 12.8. The quantitative estimate of drug-likeness (QED) is 0.681. The second-order valence-electron chi connectivity index (χ2n) is 5.64. The van der Waals surface area contributed by atoms with Crippen molar-refractivity contribution < 1.29 is 9.90 Å². The number of carbonyl (C=O) groups is 1. The van der Waals surface area contributed by atoms with E-state index < -0.39 is 0 Å². The third kappa shape index (κ3) is 3.42. The maximum Gasteiger partial charge on any atom is 0.220 e. The van der Waals surface area contributed by atoms with Gasteiger partial charge in [0.2, 0.25) is 5.91 Å². The number of hydrogen-bond acceptors (Lipinski definition) is 3. The Morgan fingerprint density at radius 2 is 2.12 bits per heavy atom. The lowest BCUT2D eigenvalue weighted by Gasteiger charge is -2.37. The van der Waals surface area contributed by atoms with Crippen LogP contribution in [0.3, 0.4) is 0 Å². The van der Waals surface area contributed by atoms with E-state index in [0.29, 0.717) is 19.1 Å². The van der Waals surface area contributed by atoms with E-state index >= 15 is 0 Å². The number of aliphatic hydroxyl groups is 1. The van der Waals surface area contributed by atoms with Gasteiger partial charge in [-0.1, -0.05) is 19.3 Å². The Bertz CT molecular complexity index is 252. The molecule has 0 bridgehead atoms. The molecule has 1 aliphatic heterocycles. The molecule has 17 heavy (non-hydrogen) atoms. The van der Waals surface area contributed by atoms with Gasteiger partial charge >= 0.3 is 0 Å². The van der Waals surface area contributed by atoms with Crippen molar-refractivity contribution in [1.82, 2.24) is 10.6 Å². The monoisotopic (exact) mass is 240 g/mol. The van der Waals surface area contributed by atoms with Gasteiger partial charge in [-0.2, -0.15) is 0 Å². The van der Waals surface area contributed by atoms with Crippen LogP contribution in [0.1, 0.15) is 44.9 Å². The molecule has 4 heteroatoms. The first-order valence-electron chi connectivity index (χ1n) is 6.85. The molecule has 0 spiro atoms. The van der Waals surface area contributed by atoms with E-state index in [4.69, 9.17) is 0 Å². The van der Waals surface area contributed by atoms with Gasteiger partial charge in [-0.05, 0) is 19.3 Å². The topological polar surface area (TPSA) is 61.4 Å². The summed E-state index contributed by atoms with van der Waals surface area (Å²) in [4.78, 5) is 11.1. The molecule has 98 valence electrons. The molecule has 2 fully saturated rings. The van der Waals surface area contributed by atoms with Gasteiger partial charge in [-0.25, -0.2) is 0 Å². The molecule has 0 aromatic carbocycles. The summed E-state index contributed by atoms with van der Waals surface area (Å²) in [5.41, 5.74) is 0.0969. The summed E-state index contributed by atoms with van der Waals surface area (Å²) in [6.07, 6.45) is 7.61. The van der Waals surface area contributed by atoms with Crippen molar-refractivity contribution in [3.63, 3.8) is 0 Å². The van der Waals surface area contributed by atoms with Gasteiger partial charge in [-0.15, -0.1) is 0 Å². The van der Waals surface area contributed by atoms with E-state index in [2.05, 4.69) is 10.6 Å². The van der Waals surface area contributed by atoms with Gasteiger partial charge in [0, 0.05) is 37.6 Å². The Hall–Kier alpha value is -0.610. The number of amides is 1. The molecule has 0 radical (unpaired) electrons. The number of hydrogen-bond donors (Lipinski definition) is 3. The van der Waals surface area contributed by atoms with E-state index in [0.717, 1.165) is 32.4 Å². The van der Waals surface area contributed by atoms with Gasteiger partial charge in [0.15, 0.2) is 0 Å². The average Bonchev–Trinajstić information content (AvgIpc) is 2.39. The highest BCUT2D eigenvalue weighted by atomic mass is 16.3. The van der Waals surface area contributed by atoms with Gasteiger partial charge in [-0.3, -0.25) is 4.79 Å². The molecule has 1 unspecified atom stereocenters. The molecule has 3 N–H and O–H groups in total. The molecule has 1 aliphatic carbocycles. The van der Waals surface area contributed by atoms with E-state index in [9.17, 15) is 9.90 Å². The molecular weight excluding hydrogens is 216 g/mol. The second-order valence-corrected chi connectivity index (χ2v) is 5.64. The molecule has 1 amide bonds. The molecule has 4 nitrogen and oxygen atoms in total. The molecule has 1 saturated heterocycles. The minimum Gasteiger partial charge on any atom is -0.396 e. The summed E-state index contributed by atoms with van der Waals surface area (Å²) >= 11 is 0. The highest BCUT2D eigenvalue weighted by Crippen LogP contribution is 2.35. The fourth-order valence-corrected chi connectivity index (χ4v) is 2.96. The van der Waals surface area contributed by atoms with E-state index in [1.165, 1.54) is 19.3 Å². The zero-order valence-electron chi connectivity index (χ0n) is 10.5. The predicted octanol–water partition coefficient (Wildman–Crippen LogP) is 0.797. The summed E-state index contributed by atoms with van der Waals surface area (Å²) in [5, 5.41) is 16.0. The van der Waals surface area contributed by atoms with Crippen LogP contribution in [0.15, 0.2) is 0 Å². The van der Waals surface area contributed by atoms with Crippen LogP contribution in [-0.2, 0) is 4.79 Å². The standard InChI is InChI=1S/C13H24N2O2/c16-10-13(6-2-1-3-7-13)9-15-11-4-5-12(17)14-8-11/h11,15-16H,1-10H2,(H,14,17). The molecule has 1 atom stereocenters. The van der Waals surface area contributed by atoms with Crippen molar-refractivity contribution >= 4 is 5.91 Å². The summed E-state index contributed by atoms with van der Waals surface area (Å²) in [7, 11) is 0. The molecule has 2 aliphatic rings. The van der Waals surface area contributed by atoms with Crippen LogP contribution >= 0.6 is 0 Å². The molecule has 0 aromatic heterocycles. The Balaban J connectivity index is 1.77. The van der Waals surface area contributed by atoms with Crippen LogP contribution in [-0.4, -0.2) is 36.8 Å². The third-order valence-corrected chi connectivity index (χ3v) is 4.28. The first-order valence-corrected chi connectivity index (χ1v) is 6.85. The highest BCUT2D eigenvalue weighted by molar-refractivity contribution is 5.76. The number of aliphatic hydroxyl groups excluding tert-OH is 1. The molecular formula is C13H24N2O2. The Morgan fingerprint density at radius 1 is 1.35 bits per heavy atom. The Labute approximate surface area is 103 Å². The lowest BCUT2D eigenvalue weighted by atomic mass is 9.74. The van der Waals surface area contributed by atoms with Crippen LogP contribution in [0.5, 0.6) is 0 Å². The van der Waals surface area contributed by atoms with Crippen LogP contribution in [0.25, 0.3) is 0 Å². The maximum atomic E-state index is 11.1. The smallest absolute Gasteiger partial charge is 0.220 e. The third-order valence-electron chi connectivity index (χ3n) is 4.28. The van der Waals surface area contributed by atoms with E-state index in [1.54, 1.807) is 0 Å². The fraction of sp³-hybridized carbons (Fsp3) is 0.923. The zero-order chi connectivity index (χ0) is 12.1. The van der Waals surface area contributed by atoms with Crippen molar-refractivity contribution in [3.05, 3.63) is 0 Å². The normalized spacial score (nSPS) is 28.8. The number of nitrogens with one attached hydrogen (secondary N) is 2. The van der Waals surface area contributed by atoms with Crippen LogP contribution in [0.2, 0.25) is 0 Å². The molecule has 1 heterocycles. The number of carbonyl (C=O) groups excluding carboxylic acids is 1. The van der Waals surface area contributed by atoms with Crippen LogP contribution in [0.4, 0.5) is 0 Å². The van der Waals surface area contributed by atoms with Crippen LogP contribution < -0.4 is 10.6 Å². The Morgan fingerprint density at radius 3 is 2.71 bits per heavy atom. The lowest BCUT2D eigenvalue weighted by molar-refractivity contribution is -0.122. The first-order chi connectivity index (χ1) is 8.24. The van der Waals surface area contributed by atoms with Gasteiger partial charge in [0.25, 0.3) is 0 Å². The largest absolute Gasteiger partial charge is 0.396 e. The van der Waals surface area contributed by atoms with Gasteiger partial charge in [0.1, 0.15) is 0 Å². The van der Waals surface area contributed by atoms with Crippen molar-refractivity contribution in [2.24, 2.45) is 5.41 Å². The van der Waals surface area contributed by atoms with Crippen molar-refractivity contribution in [1.29, 1.82) is 0 Å². The molecule has 1 saturated carbocycles. The fourth-order valence-electron chi connectivity index (χ4n) is 2.96. The summed E-state index contributed by atoms with van der Waals surface area (Å²) < 4.78 is 0. The van der Waals surface area contributed by atoms with Crippen LogP contribution in [0, 0.1) is 5.41 Å². The average molecular weight is 240 g/mol. The SMILES string of the molecule is O=C1CCC(NCC2(CO)CCCCC2)CN1. The van der Waals surface area contributed by atoms with Gasteiger partial charge < -0.3 is 15.7 Å². The predicted molar refractivity (Wildman–Crippen MR) is 66.6 cm³/mol. The summed E-state index contributed by atoms with van der Waals surface area (Å²) in [5.74, 6) is 0.164. The van der Waals surface area contributed by atoms with E-state index in [-0.39, 0.29) is 11.3 Å². The lowest BCUT2D eigenvalue weighted by Crippen LogP contribution is -2.50. The van der Waals surface area contributed by atoms with Crippen molar-refractivity contribution in [2.45, 2.75) is 51.0 Å². The second kappa shape index (κ2) is 5.83. The molecule has 0 aromatic rings. The number of piperidine rings is 1. The van der Waals surface area contributed by atoms with Crippen molar-refractivity contribution in [2.75, 3.05) is 19.7 Å². The maximum absolute atomic E-state index is 11.1. The minimum atomic E-state index is 0.0969. The van der Waals surface area contributed by atoms with Gasteiger partial charge in [0.05, 0.1) is 0 Å². The summed E-state index contributed by atoms with van der Waals surface area (Å²) in [6.45, 7) is 1.92. The minimum absolute atomic E-state index is 0.0969.